The zero-order valence-electron chi connectivity index (χ0n) is 43.0. The Morgan fingerprint density at radius 1 is 0.316 bits per heavy atom. The van der Waals surface area contributed by atoms with Crippen LogP contribution in [0.25, 0.3) is 22.3 Å². The molecule has 0 fully saturated rings. The van der Waals surface area contributed by atoms with E-state index in [1.807, 2.05) is 159 Å². The quantitative estimate of drug-likeness (QED) is 0.0837. The molecule has 0 atom stereocenters. The third-order valence-corrected chi connectivity index (χ3v) is 13.1. The Morgan fingerprint density at radius 2 is 0.608 bits per heavy atom. The van der Waals surface area contributed by atoms with Crippen LogP contribution in [-0.4, -0.2) is 40.4 Å². The van der Waals surface area contributed by atoms with Crippen LogP contribution in [0.4, 0.5) is 17.1 Å². The Labute approximate surface area is 466 Å². The topological polar surface area (TPSA) is 159 Å². The van der Waals surface area contributed by atoms with Crippen LogP contribution in [0, 0.1) is 13.8 Å². The third kappa shape index (κ3) is 14.9. The Balaban J connectivity index is 0.000000163. The Kier molecular flexibility index (Phi) is 18.6. The number of carbonyl (C=O) groups is 6. The van der Waals surface area contributed by atoms with E-state index < -0.39 is 11.9 Å². The summed E-state index contributed by atoms with van der Waals surface area (Å²) in [4.78, 5) is 73.9. The molecule has 4 N–H and O–H groups in total. The first kappa shape index (κ1) is 55.1. The Bertz CT molecular complexity index is 3760. The minimum Gasteiger partial charge on any atom is -0.478 e. The van der Waals surface area contributed by atoms with E-state index in [9.17, 15) is 33.9 Å². The summed E-state index contributed by atoms with van der Waals surface area (Å²) in [6, 6.07) is 76.3. The van der Waals surface area contributed by atoms with E-state index in [0.717, 1.165) is 49.2 Å². The molecule has 0 spiro atoms. The van der Waals surface area contributed by atoms with Crippen LogP contribution in [0.5, 0.6) is 0 Å². The van der Waals surface area contributed by atoms with Crippen LogP contribution < -0.4 is 16.0 Å². The van der Waals surface area contributed by atoms with Crippen molar-refractivity contribution in [2.75, 3.05) is 16.0 Å². The first-order valence-corrected chi connectivity index (χ1v) is 25.8. The molecule has 3 amide bonds. The monoisotopic (exact) mass is 1100 g/mol. The summed E-state index contributed by atoms with van der Waals surface area (Å²) in [5, 5.41) is 18.1. The molecule has 0 aliphatic rings. The number of ketones is 2. The third-order valence-electron chi connectivity index (χ3n) is 12.6. The number of anilines is 3. The summed E-state index contributed by atoms with van der Waals surface area (Å²) >= 11 is 3.39. The molecule has 0 unspecified atom stereocenters. The van der Waals surface area contributed by atoms with Crippen LogP contribution in [-0.2, 0) is 0 Å². The second-order valence-corrected chi connectivity index (χ2v) is 19.0. The lowest BCUT2D eigenvalue weighted by Gasteiger charge is -2.12. The molecule has 10 rings (SSSR count). The van der Waals surface area contributed by atoms with Crippen molar-refractivity contribution in [2.45, 2.75) is 13.8 Å². The first-order chi connectivity index (χ1) is 38.3. The molecule has 0 saturated heterocycles. The number of aryl methyl sites for hydroxylation is 2. The van der Waals surface area contributed by atoms with Crippen LogP contribution in [0.3, 0.4) is 0 Å². The van der Waals surface area contributed by atoms with E-state index in [0.29, 0.717) is 38.9 Å². The molecular formula is C68H52BrN3O7. The van der Waals surface area contributed by atoms with E-state index in [-0.39, 0.29) is 34.6 Å². The highest BCUT2D eigenvalue weighted by Gasteiger charge is 2.17. The SMILES string of the molecule is Cc1ccc(-c2ccc(C(=O)c3ccccc3)cc2)cc1NC(=O)c1ccccc1.Cc1ccc(Br)cc1NC(=O)c1ccccc1.O=C(Nc1cc(-c2ccc(C(=O)c3ccccc3)cc2)ccc1C(=O)O)c1ccccc1. The molecule has 0 aliphatic heterocycles. The zero-order valence-corrected chi connectivity index (χ0v) is 44.6. The molecule has 0 radical (unpaired) electrons. The maximum absolute atomic E-state index is 12.6. The van der Waals surface area contributed by atoms with Gasteiger partial charge in [0.1, 0.15) is 0 Å². The van der Waals surface area contributed by atoms with Crippen LogP contribution in [0.2, 0.25) is 0 Å². The lowest BCUT2D eigenvalue weighted by molar-refractivity contribution is 0.0697. The lowest BCUT2D eigenvalue weighted by atomic mass is 9.98. The van der Waals surface area contributed by atoms with Crippen molar-refractivity contribution < 1.29 is 33.9 Å². The number of rotatable bonds is 13. The number of benzene rings is 10. The van der Waals surface area contributed by atoms with Gasteiger partial charge in [0, 0.05) is 54.8 Å². The first-order valence-electron chi connectivity index (χ1n) is 25.0. The summed E-state index contributed by atoms with van der Waals surface area (Å²) in [5.74, 6) is -1.83. The fourth-order valence-corrected chi connectivity index (χ4v) is 8.53. The van der Waals surface area contributed by atoms with E-state index >= 15 is 0 Å². The second-order valence-electron chi connectivity index (χ2n) is 18.1. The number of amides is 3. The van der Waals surface area contributed by atoms with Crippen molar-refractivity contribution in [3.05, 3.63) is 315 Å². The average molecular weight is 1100 g/mol. The van der Waals surface area contributed by atoms with Gasteiger partial charge in [-0.05, 0) is 114 Å². The highest BCUT2D eigenvalue weighted by atomic mass is 79.9. The summed E-state index contributed by atoms with van der Waals surface area (Å²) in [6.07, 6.45) is 0. The van der Waals surface area contributed by atoms with Crippen LogP contribution in [0.15, 0.2) is 259 Å². The van der Waals surface area contributed by atoms with Gasteiger partial charge in [0.2, 0.25) is 0 Å². The van der Waals surface area contributed by atoms with Crippen molar-refractivity contribution in [3.63, 3.8) is 0 Å². The summed E-state index contributed by atoms with van der Waals surface area (Å²) in [7, 11) is 0. The Morgan fingerprint density at radius 3 is 0.987 bits per heavy atom. The molecule has 79 heavy (non-hydrogen) atoms. The summed E-state index contributed by atoms with van der Waals surface area (Å²) < 4.78 is 0.950. The second kappa shape index (κ2) is 26.6. The molecular weight excluding hydrogens is 1050 g/mol. The summed E-state index contributed by atoms with van der Waals surface area (Å²) in [5.41, 5.74) is 11.5. The molecule has 10 aromatic rings. The predicted molar refractivity (Wildman–Crippen MR) is 317 cm³/mol. The lowest BCUT2D eigenvalue weighted by Crippen LogP contribution is -2.14. The van der Waals surface area contributed by atoms with Gasteiger partial charge in [-0.2, -0.15) is 0 Å². The largest absolute Gasteiger partial charge is 0.478 e. The molecule has 0 aromatic heterocycles. The minimum atomic E-state index is -1.14. The fraction of sp³-hybridized carbons (Fsp3) is 0.0294. The molecule has 11 heteroatoms. The van der Waals surface area contributed by atoms with E-state index in [2.05, 4.69) is 31.9 Å². The van der Waals surface area contributed by atoms with Gasteiger partial charge in [-0.15, -0.1) is 0 Å². The number of carboxylic acid groups (broad SMARTS) is 1. The van der Waals surface area contributed by atoms with E-state index in [1.165, 1.54) is 6.07 Å². The summed E-state index contributed by atoms with van der Waals surface area (Å²) in [6.45, 7) is 3.93. The van der Waals surface area contributed by atoms with Gasteiger partial charge in [0.05, 0.1) is 11.3 Å². The van der Waals surface area contributed by atoms with Crippen LogP contribution in [0.1, 0.15) is 84.4 Å². The number of carbonyl (C=O) groups excluding carboxylic acids is 5. The van der Waals surface area contributed by atoms with Gasteiger partial charge >= 0.3 is 5.97 Å². The van der Waals surface area contributed by atoms with Gasteiger partial charge < -0.3 is 21.1 Å². The van der Waals surface area contributed by atoms with Crippen molar-refractivity contribution in [1.29, 1.82) is 0 Å². The smallest absolute Gasteiger partial charge is 0.337 e. The minimum absolute atomic E-state index is 0.00173. The number of aromatic carboxylic acids is 1. The number of halogens is 1. The van der Waals surface area contributed by atoms with Crippen molar-refractivity contribution >= 4 is 68.2 Å². The van der Waals surface area contributed by atoms with Crippen molar-refractivity contribution in [1.82, 2.24) is 0 Å². The van der Waals surface area contributed by atoms with E-state index in [1.54, 1.807) is 103 Å². The molecule has 0 saturated carbocycles. The van der Waals surface area contributed by atoms with Gasteiger partial charge in [-0.1, -0.05) is 204 Å². The number of carboxylic acids is 1. The molecule has 0 aliphatic carbocycles. The molecule has 0 bridgehead atoms. The number of hydrogen-bond donors (Lipinski definition) is 4. The molecule has 10 nitrogen and oxygen atoms in total. The van der Waals surface area contributed by atoms with Gasteiger partial charge in [0.25, 0.3) is 17.7 Å². The van der Waals surface area contributed by atoms with Gasteiger partial charge in [0.15, 0.2) is 11.6 Å². The predicted octanol–water partition coefficient (Wildman–Crippen LogP) is 15.7. The molecule has 388 valence electrons. The van der Waals surface area contributed by atoms with Gasteiger partial charge in [-0.3, -0.25) is 24.0 Å². The van der Waals surface area contributed by atoms with Crippen LogP contribution >= 0.6 is 15.9 Å². The maximum atomic E-state index is 12.6. The Hall–Kier alpha value is -10.1. The molecule has 10 aromatic carbocycles. The highest BCUT2D eigenvalue weighted by molar-refractivity contribution is 9.10. The number of nitrogens with one attached hydrogen (secondary N) is 3. The normalized spacial score (nSPS) is 10.3. The number of hydrogen-bond acceptors (Lipinski definition) is 6. The fourth-order valence-electron chi connectivity index (χ4n) is 8.17. The molecule has 0 heterocycles. The standard InChI is InChI=1S/C27H19NO4.C27H21NO2.C14H12BrNO/c29-25(19-7-3-1-4-8-19)20-13-11-18(12-14-20)22-15-16-23(27(31)32)24(17-22)28-26(30)21-9-5-2-6-10-21;1-19-12-13-24(18-25(19)28-27(30)23-10-6-3-7-11-23)20-14-16-22(17-15-20)26(29)21-8-4-2-5-9-21;1-10-7-8-12(15)9-13(10)16-14(17)11-5-3-2-4-6-11/h1-17H,(H,28,30)(H,31,32);2-18H,1H3,(H,28,30);2-9H,1H3,(H,16,17). The van der Waals surface area contributed by atoms with Crippen molar-refractivity contribution in [2.24, 2.45) is 0 Å². The maximum Gasteiger partial charge on any atom is 0.337 e. The zero-order chi connectivity index (χ0) is 55.7. The van der Waals surface area contributed by atoms with Crippen molar-refractivity contribution in [3.8, 4) is 22.3 Å². The van der Waals surface area contributed by atoms with E-state index in [4.69, 9.17) is 0 Å². The van der Waals surface area contributed by atoms with Gasteiger partial charge in [-0.25, -0.2) is 4.79 Å². The highest BCUT2D eigenvalue weighted by Crippen LogP contribution is 2.29. The average Bonchev–Trinajstić information content (AvgIpc) is 3.51.